The molecule has 1 aliphatic carbocycles. The lowest BCUT2D eigenvalue weighted by atomic mass is 9.55. The van der Waals surface area contributed by atoms with Gasteiger partial charge in [-0.2, -0.15) is 0 Å². The van der Waals surface area contributed by atoms with E-state index >= 15 is 0 Å². The lowest BCUT2D eigenvalue weighted by molar-refractivity contribution is -0.170. The number of carbonyl (C=O) groups excluding carboxylic acids is 1. The summed E-state index contributed by atoms with van der Waals surface area (Å²) in [6.07, 6.45) is 3.32. The summed E-state index contributed by atoms with van der Waals surface area (Å²) in [7, 11) is 0. The summed E-state index contributed by atoms with van der Waals surface area (Å²) in [5, 5.41) is 0. The average molecular weight is 366 g/mol. The van der Waals surface area contributed by atoms with E-state index < -0.39 is 5.41 Å². The first-order valence-corrected chi connectivity index (χ1v) is 8.16. The van der Waals surface area contributed by atoms with Crippen LogP contribution in [-0.4, -0.2) is 41.4 Å². The predicted octanol–water partition coefficient (Wildman–Crippen LogP) is 2.08. The van der Waals surface area contributed by atoms with Crippen LogP contribution in [0.1, 0.15) is 32.6 Å². The van der Waals surface area contributed by atoms with Crippen molar-refractivity contribution in [2.24, 2.45) is 5.41 Å². The predicted molar refractivity (Wildman–Crippen MR) is 73.8 cm³/mol. The highest BCUT2D eigenvalue weighted by Crippen LogP contribution is 2.70. The minimum atomic E-state index is -0.391. The van der Waals surface area contributed by atoms with Gasteiger partial charge in [0.25, 0.3) is 0 Å². The summed E-state index contributed by atoms with van der Waals surface area (Å²) in [6.45, 7) is 3.70. The van der Waals surface area contributed by atoms with Crippen LogP contribution >= 0.6 is 22.6 Å². The molecule has 3 aliphatic heterocycles. The molecule has 18 heavy (non-hydrogen) atoms. The number of halogens is 1. The van der Waals surface area contributed by atoms with E-state index in [2.05, 4.69) is 22.6 Å². The Morgan fingerprint density at radius 3 is 2.56 bits per heavy atom. The van der Waals surface area contributed by atoms with Crippen LogP contribution in [0, 0.1) is 5.41 Å². The molecule has 3 saturated heterocycles. The lowest BCUT2D eigenvalue weighted by Gasteiger charge is -2.46. The Balaban J connectivity index is 1.90. The van der Waals surface area contributed by atoms with Gasteiger partial charge >= 0.3 is 5.97 Å². The van der Waals surface area contributed by atoms with Crippen molar-refractivity contribution in [2.75, 3.05) is 24.2 Å². The average Bonchev–Trinajstić information content (AvgIpc) is 2.75. The van der Waals surface area contributed by atoms with Gasteiger partial charge in [0.15, 0.2) is 0 Å². The van der Waals surface area contributed by atoms with E-state index in [1.807, 2.05) is 6.92 Å². The third-order valence-electron chi connectivity index (χ3n) is 4.74. The van der Waals surface area contributed by atoms with Crippen LogP contribution in [0.2, 0.25) is 0 Å². The molecular weight excluding hydrogens is 347 g/mol. The third-order valence-corrected chi connectivity index (χ3v) is 6.13. The van der Waals surface area contributed by atoms with E-state index in [1.54, 1.807) is 0 Å². The fraction of sp³-hybridized carbons (Fsp3) is 0.923. The number of rotatable bonds is 3. The van der Waals surface area contributed by atoms with Gasteiger partial charge in [-0.1, -0.05) is 22.6 Å². The van der Waals surface area contributed by atoms with Gasteiger partial charge in [0.05, 0.1) is 17.8 Å². The summed E-state index contributed by atoms with van der Waals surface area (Å²) in [4.78, 5) is 12.4. The topological polar surface area (TPSA) is 44.8 Å². The summed E-state index contributed by atoms with van der Waals surface area (Å²) in [5.74, 6) is -0.0510. The maximum atomic E-state index is 12.4. The van der Waals surface area contributed by atoms with E-state index in [4.69, 9.17) is 14.2 Å². The standard InChI is InChI=1S/C13H19IO4/c1-2-17-10(15)12-7-11(8-12,9-14)18-13(12)3-5-16-6-4-13/h2-9H2,1H3. The highest BCUT2D eigenvalue weighted by atomic mass is 127. The number of hydrogen-bond donors (Lipinski definition) is 0. The maximum Gasteiger partial charge on any atom is 0.315 e. The Hall–Kier alpha value is 0.120. The molecule has 0 atom stereocenters. The van der Waals surface area contributed by atoms with E-state index in [-0.39, 0.29) is 17.2 Å². The first-order valence-electron chi connectivity index (χ1n) is 6.63. The summed E-state index contributed by atoms with van der Waals surface area (Å²) in [6, 6.07) is 0. The van der Waals surface area contributed by atoms with Gasteiger partial charge in [0.1, 0.15) is 5.41 Å². The summed E-state index contributed by atoms with van der Waals surface area (Å²) in [5.41, 5.74) is -0.786. The Labute approximate surface area is 121 Å². The zero-order chi connectivity index (χ0) is 12.9. The summed E-state index contributed by atoms with van der Waals surface area (Å²) < 4.78 is 18.1. The van der Waals surface area contributed by atoms with Crippen LogP contribution < -0.4 is 0 Å². The van der Waals surface area contributed by atoms with Crippen LogP contribution in [0.4, 0.5) is 0 Å². The Kier molecular flexibility index (Phi) is 3.14. The molecule has 4 aliphatic rings. The highest BCUT2D eigenvalue weighted by molar-refractivity contribution is 14.1. The van der Waals surface area contributed by atoms with Gasteiger partial charge in [0, 0.05) is 30.5 Å². The van der Waals surface area contributed by atoms with Gasteiger partial charge in [-0.25, -0.2) is 0 Å². The largest absolute Gasteiger partial charge is 0.465 e. The monoisotopic (exact) mass is 366 g/mol. The maximum absolute atomic E-state index is 12.4. The molecule has 1 saturated carbocycles. The molecule has 0 aromatic carbocycles. The summed E-state index contributed by atoms with van der Waals surface area (Å²) >= 11 is 2.37. The Morgan fingerprint density at radius 2 is 2.00 bits per heavy atom. The third kappa shape index (κ3) is 1.53. The van der Waals surface area contributed by atoms with Crippen molar-refractivity contribution in [3.05, 3.63) is 0 Å². The van der Waals surface area contributed by atoms with Crippen molar-refractivity contribution >= 4 is 28.6 Å². The Morgan fingerprint density at radius 1 is 1.33 bits per heavy atom. The van der Waals surface area contributed by atoms with Crippen molar-refractivity contribution in [2.45, 2.75) is 43.8 Å². The number of carbonyl (C=O) groups is 1. The molecule has 3 heterocycles. The number of hydrogen-bond acceptors (Lipinski definition) is 4. The molecule has 0 aromatic heterocycles. The van der Waals surface area contributed by atoms with Crippen LogP contribution in [0.3, 0.4) is 0 Å². The van der Waals surface area contributed by atoms with E-state index in [0.29, 0.717) is 19.8 Å². The SMILES string of the molecule is CCOC(=O)C12CC(CI)(C1)OC21CCOCC1. The van der Waals surface area contributed by atoms with Crippen molar-refractivity contribution in [3.63, 3.8) is 0 Å². The quantitative estimate of drug-likeness (QED) is 0.436. The lowest BCUT2D eigenvalue weighted by Crippen LogP contribution is -2.57. The fourth-order valence-corrected chi connectivity index (χ4v) is 4.65. The van der Waals surface area contributed by atoms with Crippen LogP contribution in [-0.2, 0) is 19.0 Å². The minimum absolute atomic E-state index is 0.0510. The highest BCUT2D eigenvalue weighted by Gasteiger charge is 2.78. The fourth-order valence-electron chi connectivity index (χ4n) is 3.96. The molecular formula is C13H19IO4. The zero-order valence-electron chi connectivity index (χ0n) is 10.7. The van der Waals surface area contributed by atoms with E-state index in [1.165, 1.54) is 0 Å². The molecule has 1 spiro atoms. The second-order valence-corrected chi connectivity index (χ2v) is 6.44. The van der Waals surface area contributed by atoms with Crippen LogP contribution in [0.5, 0.6) is 0 Å². The molecule has 0 unspecified atom stereocenters. The normalized spacial score (nSPS) is 40.6. The first-order chi connectivity index (χ1) is 8.62. The molecule has 4 rings (SSSR count). The number of ether oxygens (including phenoxy) is 3. The van der Waals surface area contributed by atoms with Crippen molar-refractivity contribution in [1.29, 1.82) is 0 Å². The van der Waals surface area contributed by atoms with Crippen LogP contribution in [0.25, 0.3) is 0 Å². The van der Waals surface area contributed by atoms with Gasteiger partial charge in [-0.3, -0.25) is 4.79 Å². The first kappa shape index (κ1) is 13.1. The van der Waals surface area contributed by atoms with Gasteiger partial charge in [-0.05, 0) is 19.8 Å². The van der Waals surface area contributed by atoms with Gasteiger partial charge in [-0.15, -0.1) is 0 Å². The van der Waals surface area contributed by atoms with Gasteiger partial charge in [0.2, 0.25) is 0 Å². The Bertz CT molecular complexity index is 356. The second kappa shape index (κ2) is 4.31. The molecule has 0 radical (unpaired) electrons. The molecule has 0 amide bonds. The molecule has 4 fully saturated rings. The molecule has 4 nitrogen and oxygen atoms in total. The van der Waals surface area contributed by atoms with Crippen molar-refractivity contribution in [1.82, 2.24) is 0 Å². The molecule has 0 aromatic rings. The van der Waals surface area contributed by atoms with Gasteiger partial charge < -0.3 is 14.2 Å². The number of esters is 1. The number of alkyl halides is 1. The second-order valence-electron chi connectivity index (χ2n) is 5.68. The molecule has 102 valence electrons. The molecule has 5 heteroatoms. The molecule has 0 N–H and O–H groups in total. The van der Waals surface area contributed by atoms with Crippen molar-refractivity contribution in [3.8, 4) is 0 Å². The van der Waals surface area contributed by atoms with E-state index in [0.717, 1.165) is 30.1 Å². The molecule has 2 bridgehead atoms. The minimum Gasteiger partial charge on any atom is -0.465 e. The van der Waals surface area contributed by atoms with Crippen molar-refractivity contribution < 1.29 is 19.0 Å². The van der Waals surface area contributed by atoms with Crippen LogP contribution in [0.15, 0.2) is 0 Å². The van der Waals surface area contributed by atoms with E-state index in [9.17, 15) is 4.79 Å². The zero-order valence-corrected chi connectivity index (χ0v) is 12.8. The smallest absolute Gasteiger partial charge is 0.315 e.